The number of rotatable bonds is 2. The minimum atomic E-state index is -3.98. The van der Waals surface area contributed by atoms with Crippen molar-refractivity contribution in [3.05, 3.63) is 34.4 Å². The number of sulfonamides is 1. The molecule has 14 heavy (non-hydrogen) atoms. The Hall–Kier alpha value is -0.720. The summed E-state index contributed by atoms with van der Waals surface area (Å²) >= 11 is 5.34. The number of halogens is 3. The summed E-state index contributed by atoms with van der Waals surface area (Å²) < 4.78 is 47.3. The van der Waals surface area contributed by atoms with Crippen LogP contribution >= 0.6 is 11.6 Å². The van der Waals surface area contributed by atoms with E-state index in [1.807, 2.05) is 0 Å². The van der Waals surface area contributed by atoms with Gasteiger partial charge in [0.05, 0.1) is 10.8 Å². The third kappa shape index (κ3) is 2.63. The summed E-state index contributed by atoms with van der Waals surface area (Å²) in [6.45, 7) is 0. The molecule has 3 nitrogen and oxygen atoms in total. The highest BCUT2D eigenvalue weighted by Crippen LogP contribution is 2.22. The molecule has 1 rings (SSSR count). The van der Waals surface area contributed by atoms with E-state index in [0.29, 0.717) is 0 Å². The molecular weight excluding hydrogens is 236 g/mol. The summed E-state index contributed by atoms with van der Waals surface area (Å²) in [4.78, 5) is 0. The van der Waals surface area contributed by atoms with Gasteiger partial charge in [0.15, 0.2) is 0 Å². The fourth-order valence-corrected chi connectivity index (χ4v) is 1.75. The fraction of sp³-hybridized carbons (Fsp3) is 0.143. The van der Waals surface area contributed by atoms with Crippen LogP contribution in [0.1, 0.15) is 5.56 Å². The van der Waals surface area contributed by atoms with E-state index in [-0.39, 0.29) is 5.02 Å². The molecule has 0 aliphatic heterocycles. The van der Waals surface area contributed by atoms with E-state index in [4.69, 9.17) is 11.6 Å². The van der Waals surface area contributed by atoms with Gasteiger partial charge < -0.3 is 0 Å². The molecule has 1 aromatic rings. The third-order valence-corrected chi connectivity index (χ3v) is 2.47. The fourth-order valence-electron chi connectivity index (χ4n) is 0.903. The van der Waals surface area contributed by atoms with E-state index in [0.717, 1.165) is 12.1 Å². The molecule has 0 saturated heterocycles. The van der Waals surface area contributed by atoms with Gasteiger partial charge in [0.2, 0.25) is 10.0 Å². The van der Waals surface area contributed by atoms with E-state index in [1.165, 1.54) is 0 Å². The molecule has 1 aromatic carbocycles. The first-order valence-corrected chi connectivity index (χ1v) is 5.53. The van der Waals surface area contributed by atoms with Crippen LogP contribution in [0.2, 0.25) is 5.02 Å². The van der Waals surface area contributed by atoms with E-state index in [9.17, 15) is 17.2 Å². The summed E-state index contributed by atoms with van der Waals surface area (Å²) in [5.41, 5.74) is -0.639. The highest BCUT2D eigenvalue weighted by Gasteiger charge is 2.17. The quantitative estimate of drug-likeness (QED) is 0.796. The molecular formula is C7H6ClF2NO2S. The number of primary sulfonamides is 1. The van der Waals surface area contributed by atoms with Crippen molar-refractivity contribution in [2.45, 2.75) is 5.75 Å². The Bertz CT molecular complexity index is 461. The van der Waals surface area contributed by atoms with Crippen LogP contribution in [0.5, 0.6) is 0 Å². The van der Waals surface area contributed by atoms with Crippen molar-refractivity contribution < 1.29 is 17.2 Å². The maximum Gasteiger partial charge on any atom is 0.213 e. The van der Waals surface area contributed by atoms with Crippen molar-refractivity contribution in [1.29, 1.82) is 0 Å². The normalized spacial score (nSPS) is 11.7. The zero-order chi connectivity index (χ0) is 10.9. The molecule has 0 spiro atoms. The average molecular weight is 242 g/mol. The molecule has 0 unspecified atom stereocenters. The van der Waals surface area contributed by atoms with E-state index >= 15 is 0 Å². The monoisotopic (exact) mass is 241 g/mol. The van der Waals surface area contributed by atoms with Crippen LogP contribution < -0.4 is 5.14 Å². The van der Waals surface area contributed by atoms with Crippen molar-refractivity contribution >= 4 is 21.6 Å². The Morgan fingerprint density at radius 1 is 1.36 bits per heavy atom. The lowest BCUT2D eigenvalue weighted by Gasteiger charge is -2.04. The smallest absolute Gasteiger partial charge is 0.213 e. The number of hydrogen-bond donors (Lipinski definition) is 1. The molecule has 7 heteroatoms. The number of nitrogens with two attached hydrogens (primary N) is 1. The van der Waals surface area contributed by atoms with Crippen LogP contribution in [0.4, 0.5) is 8.78 Å². The standard InChI is InChI=1S/C7H6ClF2NO2S/c8-5-1-2-6(9)4(7(5)10)3-14(11,12)13/h1-2H,3H2,(H2,11,12,13). The zero-order valence-electron chi connectivity index (χ0n) is 6.80. The Labute approximate surface area is 84.5 Å². The SMILES string of the molecule is NS(=O)(=O)Cc1c(F)ccc(Cl)c1F. The number of benzene rings is 1. The van der Waals surface area contributed by atoms with E-state index < -0.39 is 33.0 Å². The van der Waals surface area contributed by atoms with Crippen LogP contribution in [0.15, 0.2) is 12.1 Å². The van der Waals surface area contributed by atoms with Crippen LogP contribution in [-0.4, -0.2) is 8.42 Å². The Morgan fingerprint density at radius 3 is 2.43 bits per heavy atom. The largest absolute Gasteiger partial charge is 0.228 e. The van der Waals surface area contributed by atoms with Gasteiger partial charge in [0.1, 0.15) is 11.6 Å². The van der Waals surface area contributed by atoms with Crippen molar-refractivity contribution in [3.63, 3.8) is 0 Å². The van der Waals surface area contributed by atoms with Crippen molar-refractivity contribution in [3.8, 4) is 0 Å². The topological polar surface area (TPSA) is 60.2 Å². The zero-order valence-corrected chi connectivity index (χ0v) is 8.37. The second-order valence-corrected chi connectivity index (χ2v) is 4.65. The van der Waals surface area contributed by atoms with E-state index in [2.05, 4.69) is 5.14 Å². The van der Waals surface area contributed by atoms with Gasteiger partial charge in [-0.1, -0.05) is 11.6 Å². The van der Waals surface area contributed by atoms with Gasteiger partial charge >= 0.3 is 0 Å². The lowest BCUT2D eigenvalue weighted by Crippen LogP contribution is -2.16. The Kier molecular flexibility index (Phi) is 3.08. The van der Waals surface area contributed by atoms with Gasteiger partial charge in [-0.05, 0) is 12.1 Å². The van der Waals surface area contributed by atoms with Crippen LogP contribution in [0.3, 0.4) is 0 Å². The van der Waals surface area contributed by atoms with Gasteiger partial charge in [0, 0.05) is 5.56 Å². The molecule has 0 saturated carbocycles. The van der Waals surface area contributed by atoms with E-state index in [1.54, 1.807) is 0 Å². The first kappa shape index (κ1) is 11.4. The maximum atomic E-state index is 13.1. The van der Waals surface area contributed by atoms with Crippen LogP contribution in [0.25, 0.3) is 0 Å². The average Bonchev–Trinajstić information content (AvgIpc) is 2.04. The molecule has 0 bridgehead atoms. The molecule has 0 fully saturated rings. The molecule has 0 radical (unpaired) electrons. The molecule has 0 atom stereocenters. The highest BCUT2D eigenvalue weighted by atomic mass is 35.5. The Morgan fingerprint density at radius 2 is 1.93 bits per heavy atom. The number of hydrogen-bond acceptors (Lipinski definition) is 2. The lowest BCUT2D eigenvalue weighted by molar-refractivity contribution is 0.556. The second-order valence-electron chi connectivity index (χ2n) is 2.63. The summed E-state index contributed by atoms with van der Waals surface area (Å²) in [5.74, 6) is -2.99. The van der Waals surface area contributed by atoms with Crippen molar-refractivity contribution in [2.75, 3.05) is 0 Å². The van der Waals surface area contributed by atoms with Crippen LogP contribution in [-0.2, 0) is 15.8 Å². The van der Waals surface area contributed by atoms with Crippen molar-refractivity contribution in [2.24, 2.45) is 5.14 Å². The summed E-state index contributed by atoms with van der Waals surface area (Å²) in [5, 5.41) is 4.31. The lowest BCUT2D eigenvalue weighted by atomic mass is 10.2. The maximum absolute atomic E-state index is 13.1. The molecule has 2 N–H and O–H groups in total. The molecule has 78 valence electrons. The summed E-state index contributed by atoms with van der Waals surface area (Å²) in [6, 6.07) is 1.88. The van der Waals surface area contributed by atoms with Gasteiger partial charge in [-0.2, -0.15) is 0 Å². The minimum Gasteiger partial charge on any atom is -0.228 e. The molecule has 0 aromatic heterocycles. The van der Waals surface area contributed by atoms with Gasteiger partial charge in [-0.3, -0.25) is 0 Å². The summed E-state index contributed by atoms with van der Waals surface area (Å²) in [6.07, 6.45) is 0. The highest BCUT2D eigenvalue weighted by molar-refractivity contribution is 7.88. The van der Waals surface area contributed by atoms with Gasteiger partial charge in [-0.15, -0.1) is 0 Å². The van der Waals surface area contributed by atoms with Crippen LogP contribution in [0, 0.1) is 11.6 Å². The first-order valence-electron chi connectivity index (χ1n) is 3.44. The molecule has 0 aliphatic carbocycles. The third-order valence-electron chi connectivity index (χ3n) is 1.48. The van der Waals surface area contributed by atoms with Gasteiger partial charge in [-0.25, -0.2) is 22.3 Å². The minimum absolute atomic E-state index is 0.343. The predicted molar refractivity (Wildman–Crippen MR) is 48.2 cm³/mol. The second kappa shape index (κ2) is 3.80. The van der Waals surface area contributed by atoms with Gasteiger partial charge in [0.25, 0.3) is 0 Å². The Balaban J connectivity index is 3.27. The molecule has 0 aliphatic rings. The first-order chi connectivity index (χ1) is 6.31. The molecule has 0 amide bonds. The summed E-state index contributed by atoms with van der Waals surface area (Å²) in [7, 11) is -3.98. The van der Waals surface area contributed by atoms with Crippen molar-refractivity contribution in [1.82, 2.24) is 0 Å². The predicted octanol–water partition coefficient (Wildman–Crippen LogP) is 1.41. The molecule has 0 heterocycles.